The molecule has 0 aromatic carbocycles. The lowest BCUT2D eigenvalue weighted by atomic mass is 9.84. The highest BCUT2D eigenvalue weighted by molar-refractivity contribution is 5.75. The molecule has 0 bridgehead atoms. The Hall–Kier alpha value is -0.610. The van der Waals surface area contributed by atoms with Gasteiger partial charge in [-0.1, -0.05) is 6.92 Å². The van der Waals surface area contributed by atoms with Crippen LogP contribution in [0.25, 0.3) is 0 Å². The number of ether oxygens (including phenoxy) is 1. The van der Waals surface area contributed by atoms with Crippen molar-refractivity contribution in [1.82, 2.24) is 0 Å². The Morgan fingerprint density at radius 3 is 2.39 bits per heavy atom. The van der Waals surface area contributed by atoms with E-state index >= 15 is 0 Å². The first-order chi connectivity index (χ1) is 8.36. The summed E-state index contributed by atoms with van der Waals surface area (Å²) in [5, 5.41) is 19.4. The van der Waals surface area contributed by atoms with Crippen LogP contribution < -0.4 is 0 Å². The molecule has 1 fully saturated rings. The largest absolute Gasteiger partial charge is 0.463 e. The molecule has 18 heavy (non-hydrogen) atoms. The monoisotopic (exact) mass is 258 g/mol. The van der Waals surface area contributed by atoms with Gasteiger partial charge in [0.2, 0.25) is 0 Å². The molecule has 0 heterocycles. The molecule has 1 atom stereocenters. The molecule has 1 rings (SSSR count). The summed E-state index contributed by atoms with van der Waals surface area (Å²) in [4.78, 5) is 11.8. The van der Waals surface area contributed by atoms with E-state index in [4.69, 9.17) is 4.74 Å². The van der Waals surface area contributed by atoms with Crippen LogP contribution in [0.3, 0.4) is 0 Å². The average molecular weight is 258 g/mol. The quantitative estimate of drug-likeness (QED) is 0.739. The van der Waals surface area contributed by atoms with Gasteiger partial charge in [0, 0.05) is 0 Å². The van der Waals surface area contributed by atoms with E-state index < -0.39 is 11.5 Å². The molecule has 0 aromatic heterocycles. The van der Waals surface area contributed by atoms with Crippen molar-refractivity contribution in [2.45, 2.75) is 65.1 Å². The minimum Gasteiger partial charge on any atom is -0.463 e. The minimum absolute atomic E-state index is 0.0724. The fourth-order valence-electron chi connectivity index (χ4n) is 2.12. The summed E-state index contributed by atoms with van der Waals surface area (Å²) in [6, 6.07) is 0. The number of aliphatic hydroxyl groups excluding tert-OH is 2. The number of carbonyl (C=O) groups excluding carboxylic acids is 1. The molecule has 1 unspecified atom stereocenters. The van der Waals surface area contributed by atoms with Gasteiger partial charge in [-0.3, -0.25) is 4.79 Å². The lowest BCUT2D eigenvalue weighted by Gasteiger charge is -2.29. The van der Waals surface area contributed by atoms with Crippen LogP contribution in [-0.2, 0) is 9.53 Å². The second-order valence-electron chi connectivity index (χ2n) is 5.97. The minimum atomic E-state index is -0.603. The van der Waals surface area contributed by atoms with Gasteiger partial charge in [0.25, 0.3) is 0 Å². The Kier molecular flexibility index (Phi) is 5.60. The first-order valence-electron chi connectivity index (χ1n) is 6.90. The molecule has 106 valence electrons. The number of hydrogen-bond donors (Lipinski definition) is 2. The van der Waals surface area contributed by atoms with Gasteiger partial charge < -0.3 is 14.9 Å². The predicted molar refractivity (Wildman–Crippen MR) is 69.0 cm³/mol. The van der Waals surface area contributed by atoms with E-state index in [2.05, 4.69) is 0 Å². The van der Waals surface area contributed by atoms with Crippen molar-refractivity contribution in [3.63, 3.8) is 0 Å². The van der Waals surface area contributed by atoms with Crippen molar-refractivity contribution in [1.29, 1.82) is 0 Å². The van der Waals surface area contributed by atoms with Crippen molar-refractivity contribution < 1.29 is 19.7 Å². The van der Waals surface area contributed by atoms with Crippen LogP contribution in [-0.4, -0.2) is 35.0 Å². The number of aliphatic hydroxyl groups is 2. The van der Waals surface area contributed by atoms with Gasteiger partial charge in [-0.15, -0.1) is 0 Å². The van der Waals surface area contributed by atoms with Crippen molar-refractivity contribution in [2.75, 3.05) is 6.61 Å². The average Bonchev–Trinajstić information content (AvgIpc) is 2.36. The number of esters is 1. The molecule has 0 aliphatic heterocycles. The number of rotatable bonds is 5. The Balaban J connectivity index is 2.33. The van der Waals surface area contributed by atoms with Crippen molar-refractivity contribution in [3.8, 4) is 0 Å². The summed E-state index contributed by atoms with van der Waals surface area (Å²) in [6.07, 6.45) is 2.96. The van der Waals surface area contributed by atoms with Crippen molar-refractivity contribution in [3.05, 3.63) is 0 Å². The van der Waals surface area contributed by atoms with Crippen LogP contribution in [0.5, 0.6) is 0 Å². The van der Waals surface area contributed by atoms with E-state index in [-0.39, 0.29) is 24.6 Å². The zero-order chi connectivity index (χ0) is 13.8. The van der Waals surface area contributed by atoms with Crippen LogP contribution >= 0.6 is 0 Å². The molecular formula is C14H26O4. The summed E-state index contributed by atoms with van der Waals surface area (Å²) in [5.41, 5.74) is -0.484. The molecule has 4 heteroatoms. The van der Waals surface area contributed by atoms with Crippen LogP contribution in [0.1, 0.15) is 52.9 Å². The summed E-state index contributed by atoms with van der Waals surface area (Å²) in [7, 11) is 0. The predicted octanol–water partition coefficient (Wildman–Crippen LogP) is 1.88. The lowest BCUT2D eigenvalue weighted by molar-refractivity contribution is -0.158. The Bertz CT molecular complexity index is 267. The standard InChI is InChI=1S/C14H26O4/c1-4-14(2,3)13(17)18-9-12(16)10-5-7-11(15)8-6-10/h10-12,15-16H,4-9H2,1-3H3. The first-order valence-corrected chi connectivity index (χ1v) is 6.90. The van der Waals surface area contributed by atoms with Gasteiger partial charge in [0.05, 0.1) is 17.6 Å². The highest BCUT2D eigenvalue weighted by Gasteiger charge is 2.30. The third-order valence-electron chi connectivity index (χ3n) is 4.11. The zero-order valence-electron chi connectivity index (χ0n) is 11.7. The van der Waals surface area contributed by atoms with Gasteiger partial charge in [0.1, 0.15) is 6.61 Å². The van der Waals surface area contributed by atoms with E-state index in [1.165, 1.54) is 0 Å². The topological polar surface area (TPSA) is 66.8 Å². The van der Waals surface area contributed by atoms with Gasteiger partial charge in [0.15, 0.2) is 0 Å². The maximum atomic E-state index is 11.8. The normalized spacial score (nSPS) is 26.7. The van der Waals surface area contributed by atoms with Crippen LogP contribution in [0.4, 0.5) is 0 Å². The fourth-order valence-corrected chi connectivity index (χ4v) is 2.12. The fraction of sp³-hybridized carbons (Fsp3) is 0.929. The van der Waals surface area contributed by atoms with Gasteiger partial charge in [-0.2, -0.15) is 0 Å². The SMILES string of the molecule is CCC(C)(C)C(=O)OCC(O)C1CCC(O)CC1. The Labute approximate surface area is 109 Å². The zero-order valence-corrected chi connectivity index (χ0v) is 11.7. The van der Waals surface area contributed by atoms with Gasteiger partial charge in [-0.05, 0) is 51.9 Å². The first kappa shape index (κ1) is 15.4. The summed E-state index contributed by atoms with van der Waals surface area (Å²) < 4.78 is 5.19. The molecule has 0 aromatic rings. The molecule has 1 aliphatic carbocycles. The highest BCUT2D eigenvalue weighted by Crippen LogP contribution is 2.28. The van der Waals surface area contributed by atoms with E-state index in [0.29, 0.717) is 0 Å². The summed E-state index contributed by atoms with van der Waals surface area (Å²) in [5.74, 6) is -0.106. The number of carbonyl (C=O) groups is 1. The summed E-state index contributed by atoms with van der Waals surface area (Å²) >= 11 is 0. The van der Waals surface area contributed by atoms with E-state index in [1.807, 2.05) is 20.8 Å². The second kappa shape index (κ2) is 6.53. The molecule has 2 N–H and O–H groups in total. The van der Waals surface area contributed by atoms with Gasteiger partial charge in [-0.25, -0.2) is 0 Å². The third kappa shape index (κ3) is 4.25. The van der Waals surface area contributed by atoms with Crippen LogP contribution in [0.15, 0.2) is 0 Å². The van der Waals surface area contributed by atoms with Crippen LogP contribution in [0.2, 0.25) is 0 Å². The molecular weight excluding hydrogens is 232 g/mol. The highest BCUT2D eigenvalue weighted by atomic mass is 16.5. The Morgan fingerprint density at radius 2 is 1.89 bits per heavy atom. The smallest absolute Gasteiger partial charge is 0.311 e. The lowest BCUT2D eigenvalue weighted by Crippen LogP contribution is -2.34. The molecule has 1 aliphatic rings. The van der Waals surface area contributed by atoms with E-state index in [0.717, 1.165) is 32.1 Å². The van der Waals surface area contributed by atoms with E-state index in [1.54, 1.807) is 0 Å². The number of hydrogen-bond acceptors (Lipinski definition) is 4. The molecule has 0 saturated heterocycles. The second-order valence-corrected chi connectivity index (χ2v) is 5.97. The maximum absolute atomic E-state index is 11.8. The van der Waals surface area contributed by atoms with E-state index in [9.17, 15) is 15.0 Å². The molecule has 0 spiro atoms. The van der Waals surface area contributed by atoms with Gasteiger partial charge >= 0.3 is 5.97 Å². The molecule has 0 amide bonds. The molecule has 1 saturated carbocycles. The summed E-state index contributed by atoms with van der Waals surface area (Å²) in [6.45, 7) is 5.71. The third-order valence-corrected chi connectivity index (χ3v) is 4.11. The molecule has 0 radical (unpaired) electrons. The molecule has 4 nitrogen and oxygen atoms in total. The van der Waals surface area contributed by atoms with Crippen molar-refractivity contribution >= 4 is 5.97 Å². The van der Waals surface area contributed by atoms with Crippen LogP contribution in [0, 0.1) is 11.3 Å². The maximum Gasteiger partial charge on any atom is 0.311 e. The Morgan fingerprint density at radius 1 is 1.33 bits per heavy atom. The van der Waals surface area contributed by atoms with Crippen molar-refractivity contribution in [2.24, 2.45) is 11.3 Å².